The average molecular weight is 100 g/mol. The number of rotatable bonds is 2. The first-order valence-corrected chi connectivity index (χ1v) is 2.41. The van der Waals surface area contributed by atoms with Gasteiger partial charge in [0.2, 0.25) is 0 Å². The molecule has 0 bridgehead atoms. The molecule has 0 aromatic heterocycles. The summed E-state index contributed by atoms with van der Waals surface area (Å²) in [6.07, 6.45) is 0.917. The number of hydrogen-bond acceptors (Lipinski definition) is 3. The lowest BCUT2D eigenvalue weighted by atomic mass is 10.4. The van der Waals surface area contributed by atoms with Gasteiger partial charge in [0.25, 0.3) is 0 Å². The molecule has 0 saturated heterocycles. The van der Waals surface area contributed by atoms with E-state index in [2.05, 4.69) is 5.18 Å². The van der Waals surface area contributed by atoms with E-state index in [1.165, 1.54) is 0 Å². The third kappa shape index (κ3) is 0.771. The summed E-state index contributed by atoms with van der Waals surface area (Å²) in [5.41, 5.74) is 5.20. The molecule has 1 aliphatic carbocycles. The van der Waals surface area contributed by atoms with E-state index in [-0.39, 0.29) is 6.04 Å². The fraction of sp³-hybridized carbons (Fsp3) is 1.00. The van der Waals surface area contributed by atoms with E-state index in [0.717, 1.165) is 6.42 Å². The monoisotopic (exact) mass is 100 g/mol. The van der Waals surface area contributed by atoms with E-state index >= 15 is 0 Å². The topological polar surface area (TPSA) is 55.4 Å². The third-order valence-corrected chi connectivity index (χ3v) is 1.32. The molecule has 1 rings (SSSR count). The standard InChI is InChI=1S/C4H8N2O/c5-2-3-1-4(3)6-7/h3-4H,1-2,5H2/t3?,4-/m1/s1. The lowest BCUT2D eigenvalue weighted by Gasteiger charge is -1.79. The number of nitrogens with zero attached hydrogens (tertiary/aromatic N) is 1. The van der Waals surface area contributed by atoms with Gasteiger partial charge in [-0.15, -0.1) is 0 Å². The van der Waals surface area contributed by atoms with Crippen molar-refractivity contribution in [1.82, 2.24) is 0 Å². The predicted molar refractivity (Wildman–Crippen MR) is 26.7 cm³/mol. The average Bonchev–Trinajstić information content (AvgIpc) is 2.43. The summed E-state index contributed by atoms with van der Waals surface area (Å²) in [4.78, 5) is 9.63. The van der Waals surface area contributed by atoms with E-state index in [1.807, 2.05) is 0 Å². The molecule has 0 spiro atoms. The molecule has 0 aromatic rings. The molecule has 2 atom stereocenters. The molecule has 1 aliphatic rings. The second-order valence-corrected chi connectivity index (χ2v) is 1.90. The number of nitroso groups, excluding NO2 is 1. The van der Waals surface area contributed by atoms with Crippen LogP contribution in [0.2, 0.25) is 0 Å². The van der Waals surface area contributed by atoms with Crippen LogP contribution >= 0.6 is 0 Å². The van der Waals surface area contributed by atoms with Crippen molar-refractivity contribution in [1.29, 1.82) is 0 Å². The van der Waals surface area contributed by atoms with Crippen molar-refractivity contribution in [3.05, 3.63) is 4.91 Å². The Morgan fingerprint density at radius 1 is 1.86 bits per heavy atom. The predicted octanol–water partition coefficient (Wildman–Crippen LogP) is 0.100. The summed E-state index contributed by atoms with van der Waals surface area (Å²) >= 11 is 0. The molecule has 3 heteroatoms. The molecular formula is C4H8N2O. The van der Waals surface area contributed by atoms with Gasteiger partial charge in [-0.1, -0.05) is 5.18 Å². The van der Waals surface area contributed by atoms with Gasteiger partial charge in [-0.05, 0) is 18.9 Å². The Morgan fingerprint density at radius 2 is 2.57 bits per heavy atom. The van der Waals surface area contributed by atoms with Crippen LogP contribution in [0.4, 0.5) is 0 Å². The van der Waals surface area contributed by atoms with Crippen molar-refractivity contribution in [3.8, 4) is 0 Å². The summed E-state index contributed by atoms with van der Waals surface area (Å²) in [6.45, 7) is 0.621. The Balaban J connectivity index is 2.17. The molecule has 7 heavy (non-hydrogen) atoms. The van der Waals surface area contributed by atoms with E-state index in [1.54, 1.807) is 0 Å². The minimum atomic E-state index is 0.0602. The third-order valence-electron chi connectivity index (χ3n) is 1.32. The molecule has 0 aliphatic heterocycles. The lowest BCUT2D eigenvalue weighted by molar-refractivity contribution is 0.798. The summed E-state index contributed by atoms with van der Waals surface area (Å²) in [5, 5.41) is 2.82. The van der Waals surface area contributed by atoms with Gasteiger partial charge in [0.15, 0.2) is 0 Å². The smallest absolute Gasteiger partial charge is 0.0964 e. The molecule has 0 radical (unpaired) electrons. The Hall–Kier alpha value is -0.440. The Labute approximate surface area is 41.9 Å². The normalized spacial score (nSPS) is 37.9. The van der Waals surface area contributed by atoms with Crippen molar-refractivity contribution in [2.45, 2.75) is 12.5 Å². The molecule has 1 saturated carbocycles. The zero-order valence-corrected chi connectivity index (χ0v) is 4.00. The van der Waals surface area contributed by atoms with Crippen molar-refractivity contribution in [2.24, 2.45) is 16.8 Å². The molecule has 40 valence electrons. The molecule has 0 amide bonds. The SMILES string of the molecule is NCC1C[C@H]1N=O. The molecule has 1 unspecified atom stereocenters. The minimum Gasteiger partial charge on any atom is -0.330 e. The maximum atomic E-state index is 9.63. The first kappa shape index (κ1) is 4.71. The van der Waals surface area contributed by atoms with Crippen molar-refractivity contribution < 1.29 is 0 Å². The molecule has 3 nitrogen and oxygen atoms in total. The highest BCUT2D eigenvalue weighted by Gasteiger charge is 2.36. The molecule has 2 N–H and O–H groups in total. The summed E-state index contributed by atoms with van der Waals surface area (Å²) in [6, 6.07) is 0.0602. The van der Waals surface area contributed by atoms with Crippen LogP contribution < -0.4 is 5.73 Å². The molecule has 0 heterocycles. The second-order valence-electron chi connectivity index (χ2n) is 1.90. The van der Waals surface area contributed by atoms with Crippen molar-refractivity contribution >= 4 is 0 Å². The van der Waals surface area contributed by atoms with E-state index in [9.17, 15) is 4.91 Å². The van der Waals surface area contributed by atoms with Crippen LogP contribution in [-0.2, 0) is 0 Å². The zero-order valence-electron chi connectivity index (χ0n) is 4.00. The Kier molecular flexibility index (Phi) is 1.06. The van der Waals surface area contributed by atoms with Gasteiger partial charge >= 0.3 is 0 Å². The highest BCUT2D eigenvalue weighted by atomic mass is 16.3. The summed E-state index contributed by atoms with van der Waals surface area (Å²) in [7, 11) is 0. The van der Waals surface area contributed by atoms with Gasteiger partial charge in [-0.3, -0.25) is 0 Å². The van der Waals surface area contributed by atoms with Crippen LogP contribution in [0.15, 0.2) is 5.18 Å². The van der Waals surface area contributed by atoms with Gasteiger partial charge in [0.1, 0.15) is 0 Å². The Bertz CT molecular complexity index is 83.8. The van der Waals surface area contributed by atoms with E-state index in [0.29, 0.717) is 12.5 Å². The summed E-state index contributed by atoms with van der Waals surface area (Å²) < 4.78 is 0. The maximum absolute atomic E-state index is 9.63. The van der Waals surface area contributed by atoms with Gasteiger partial charge in [0.05, 0.1) is 6.04 Å². The van der Waals surface area contributed by atoms with E-state index < -0.39 is 0 Å². The van der Waals surface area contributed by atoms with E-state index in [4.69, 9.17) is 5.73 Å². The summed E-state index contributed by atoms with van der Waals surface area (Å²) in [5.74, 6) is 0.414. The van der Waals surface area contributed by atoms with Gasteiger partial charge in [0, 0.05) is 0 Å². The number of nitrogens with two attached hydrogens (primary N) is 1. The van der Waals surface area contributed by atoms with Gasteiger partial charge < -0.3 is 5.73 Å². The fourth-order valence-corrected chi connectivity index (χ4v) is 0.614. The second kappa shape index (κ2) is 1.58. The van der Waals surface area contributed by atoms with Crippen LogP contribution in [0.5, 0.6) is 0 Å². The molecule has 0 aromatic carbocycles. The van der Waals surface area contributed by atoms with Crippen molar-refractivity contribution in [3.63, 3.8) is 0 Å². The first-order chi connectivity index (χ1) is 3.38. The highest BCUT2D eigenvalue weighted by Crippen LogP contribution is 2.31. The van der Waals surface area contributed by atoms with Crippen LogP contribution in [0, 0.1) is 10.8 Å². The van der Waals surface area contributed by atoms with Gasteiger partial charge in [-0.25, -0.2) is 0 Å². The quantitative estimate of drug-likeness (QED) is 0.500. The minimum absolute atomic E-state index is 0.0602. The van der Waals surface area contributed by atoms with Crippen LogP contribution in [0.1, 0.15) is 6.42 Å². The van der Waals surface area contributed by atoms with Gasteiger partial charge in [-0.2, -0.15) is 4.91 Å². The Morgan fingerprint density at radius 3 is 2.71 bits per heavy atom. The molecule has 1 fully saturated rings. The van der Waals surface area contributed by atoms with Crippen LogP contribution in [0.25, 0.3) is 0 Å². The zero-order chi connectivity index (χ0) is 5.28. The largest absolute Gasteiger partial charge is 0.330 e. The maximum Gasteiger partial charge on any atom is 0.0964 e. The van der Waals surface area contributed by atoms with Crippen LogP contribution in [-0.4, -0.2) is 12.6 Å². The van der Waals surface area contributed by atoms with Crippen LogP contribution in [0.3, 0.4) is 0 Å². The highest BCUT2D eigenvalue weighted by molar-refractivity contribution is 4.92. The fourth-order valence-electron chi connectivity index (χ4n) is 0.614. The lowest BCUT2D eigenvalue weighted by Crippen LogP contribution is -2.02. The number of hydrogen-bond donors (Lipinski definition) is 1. The first-order valence-electron chi connectivity index (χ1n) is 2.41. The van der Waals surface area contributed by atoms with Crippen molar-refractivity contribution in [2.75, 3.05) is 6.54 Å². The molecular weight excluding hydrogens is 92.1 g/mol.